The lowest BCUT2D eigenvalue weighted by Crippen LogP contribution is -2.46. The average molecular weight is 335 g/mol. The van der Waals surface area contributed by atoms with E-state index in [9.17, 15) is 13.2 Å². The summed E-state index contributed by atoms with van der Waals surface area (Å²) >= 11 is 0. The molecule has 124 valence electrons. The lowest BCUT2D eigenvalue weighted by atomic mass is 9.98. The highest BCUT2D eigenvalue weighted by Crippen LogP contribution is 2.31. The van der Waals surface area contributed by atoms with Crippen LogP contribution in [-0.2, 0) is 12.7 Å². The molecule has 0 aromatic heterocycles. The minimum atomic E-state index is -4.25. The molecule has 0 amide bonds. The minimum Gasteiger partial charge on any atom is -0.311 e. The van der Waals surface area contributed by atoms with E-state index in [-0.39, 0.29) is 12.4 Å². The molecule has 0 radical (unpaired) electrons. The Labute approximate surface area is 135 Å². The van der Waals surface area contributed by atoms with Crippen molar-refractivity contribution in [1.29, 1.82) is 0 Å². The summed E-state index contributed by atoms with van der Waals surface area (Å²) in [6.07, 6.45) is 0.560. The lowest BCUT2D eigenvalue weighted by molar-refractivity contribution is -0.137. The predicted octanol–water partition coefficient (Wildman–Crippen LogP) is 3.84. The highest BCUT2D eigenvalue weighted by atomic mass is 35.5. The topological polar surface area (TPSA) is 15.3 Å². The van der Waals surface area contributed by atoms with E-state index in [4.69, 9.17) is 0 Å². The van der Waals surface area contributed by atoms with E-state index >= 15 is 0 Å². The number of nitrogens with one attached hydrogen (secondary N) is 1. The summed E-state index contributed by atoms with van der Waals surface area (Å²) in [6, 6.07) is 7.33. The molecule has 1 aromatic carbocycles. The van der Waals surface area contributed by atoms with Crippen LogP contribution in [-0.4, -0.2) is 30.1 Å². The van der Waals surface area contributed by atoms with Gasteiger partial charge >= 0.3 is 6.18 Å². The summed E-state index contributed by atoms with van der Waals surface area (Å²) in [7, 11) is 2.08. The highest BCUT2D eigenvalue weighted by molar-refractivity contribution is 5.85. The van der Waals surface area contributed by atoms with Crippen molar-refractivity contribution in [3.05, 3.63) is 35.4 Å². The molecule has 22 heavy (non-hydrogen) atoms. The van der Waals surface area contributed by atoms with Crippen molar-refractivity contribution in [2.45, 2.75) is 56.5 Å². The van der Waals surface area contributed by atoms with E-state index in [1.807, 2.05) is 0 Å². The summed E-state index contributed by atoms with van der Waals surface area (Å²) < 4.78 is 37.6. The zero-order valence-corrected chi connectivity index (χ0v) is 13.4. The number of piperidine rings is 1. The molecule has 2 bridgehead atoms. The number of fused-ring (bicyclic) bond motifs is 2. The molecule has 0 aliphatic carbocycles. The van der Waals surface area contributed by atoms with Gasteiger partial charge in [-0.3, -0.25) is 4.90 Å². The average Bonchev–Trinajstić information content (AvgIpc) is 2.77. The molecule has 2 nitrogen and oxygen atoms in total. The molecule has 2 unspecified atom stereocenters. The summed E-state index contributed by atoms with van der Waals surface area (Å²) in [5, 5.41) is 3.61. The summed E-state index contributed by atoms with van der Waals surface area (Å²) in [5.74, 6) is 0. The molecule has 3 rings (SSSR count). The molecule has 2 aliphatic heterocycles. The Morgan fingerprint density at radius 3 is 2.14 bits per heavy atom. The Balaban J connectivity index is 0.00000176. The van der Waals surface area contributed by atoms with Crippen molar-refractivity contribution < 1.29 is 13.2 Å². The van der Waals surface area contributed by atoms with E-state index in [1.165, 1.54) is 25.0 Å². The molecule has 2 atom stereocenters. The maximum Gasteiger partial charge on any atom is 0.416 e. The SMILES string of the molecule is CN(Cc1ccc(C(F)(F)F)cc1)C1CC2CCC(C1)N2.Cl. The molecule has 1 aromatic rings. The Hall–Kier alpha value is -0.780. The first-order valence-electron chi connectivity index (χ1n) is 7.54. The van der Waals surface area contributed by atoms with Gasteiger partial charge in [0.1, 0.15) is 0 Å². The first-order chi connectivity index (χ1) is 9.91. The van der Waals surface area contributed by atoms with Gasteiger partial charge in [0.25, 0.3) is 0 Å². The quantitative estimate of drug-likeness (QED) is 0.903. The largest absolute Gasteiger partial charge is 0.416 e. The predicted molar refractivity (Wildman–Crippen MR) is 83.1 cm³/mol. The van der Waals surface area contributed by atoms with Crippen LogP contribution in [0.15, 0.2) is 24.3 Å². The van der Waals surface area contributed by atoms with Gasteiger partial charge < -0.3 is 5.32 Å². The standard InChI is InChI=1S/C16H21F3N2.ClH/c1-21(15-8-13-6-7-14(9-15)20-13)10-11-2-4-12(5-3-11)16(17,18)19;/h2-5,13-15,20H,6-10H2,1H3;1H. The molecule has 0 saturated carbocycles. The van der Waals surface area contributed by atoms with Gasteiger partial charge in [0, 0.05) is 24.7 Å². The van der Waals surface area contributed by atoms with Crippen molar-refractivity contribution in [3.63, 3.8) is 0 Å². The van der Waals surface area contributed by atoms with Crippen LogP contribution in [0.25, 0.3) is 0 Å². The molecule has 2 saturated heterocycles. The fraction of sp³-hybridized carbons (Fsp3) is 0.625. The number of alkyl halides is 3. The second-order valence-electron chi connectivity index (χ2n) is 6.37. The monoisotopic (exact) mass is 334 g/mol. The second-order valence-corrected chi connectivity index (χ2v) is 6.37. The van der Waals surface area contributed by atoms with Crippen molar-refractivity contribution in [2.24, 2.45) is 0 Å². The Morgan fingerprint density at radius 1 is 1.09 bits per heavy atom. The third-order valence-corrected chi connectivity index (χ3v) is 4.78. The van der Waals surface area contributed by atoms with Gasteiger partial charge in [0.2, 0.25) is 0 Å². The molecule has 2 heterocycles. The highest BCUT2D eigenvalue weighted by Gasteiger charge is 2.35. The van der Waals surface area contributed by atoms with E-state index < -0.39 is 11.7 Å². The van der Waals surface area contributed by atoms with Gasteiger partial charge in [-0.15, -0.1) is 12.4 Å². The van der Waals surface area contributed by atoms with E-state index in [0.29, 0.717) is 24.7 Å². The molecule has 0 spiro atoms. The summed E-state index contributed by atoms with van der Waals surface area (Å²) in [6.45, 7) is 0.711. The number of halogens is 4. The maximum absolute atomic E-state index is 12.5. The van der Waals surface area contributed by atoms with Crippen LogP contribution in [0.2, 0.25) is 0 Å². The number of rotatable bonds is 3. The van der Waals surface area contributed by atoms with Crippen LogP contribution >= 0.6 is 12.4 Å². The van der Waals surface area contributed by atoms with Crippen LogP contribution in [0.3, 0.4) is 0 Å². The Kier molecular flexibility index (Phi) is 5.41. The van der Waals surface area contributed by atoms with Gasteiger partial charge in [-0.25, -0.2) is 0 Å². The normalized spacial score (nSPS) is 27.8. The summed E-state index contributed by atoms with van der Waals surface area (Å²) in [5.41, 5.74) is 0.366. The molecular weight excluding hydrogens is 313 g/mol. The zero-order valence-electron chi connectivity index (χ0n) is 12.6. The van der Waals surface area contributed by atoms with Crippen molar-refractivity contribution >= 4 is 12.4 Å². The minimum absolute atomic E-state index is 0. The van der Waals surface area contributed by atoms with E-state index in [2.05, 4.69) is 17.3 Å². The van der Waals surface area contributed by atoms with Crippen molar-refractivity contribution in [1.82, 2.24) is 10.2 Å². The van der Waals surface area contributed by atoms with Crippen LogP contribution in [0.4, 0.5) is 13.2 Å². The van der Waals surface area contributed by atoms with Gasteiger partial charge in [-0.2, -0.15) is 13.2 Å². The summed E-state index contributed by atoms with van der Waals surface area (Å²) in [4.78, 5) is 2.29. The van der Waals surface area contributed by atoms with Crippen LogP contribution in [0.1, 0.15) is 36.8 Å². The first-order valence-corrected chi connectivity index (χ1v) is 7.54. The second kappa shape index (κ2) is 6.77. The van der Waals surface area contributed by atoms with Crippen LogP contribution in [0.5, 0.6) is 0 Å². The lowest BCUT2D eigenvalue weighted by Gasteiger charge is -2.35. The third kappa shape index (κ3) is 3.94. The zero-order chi connectivity index (χ0) is 15.0. The van der Waals surface area contributed by atoms with Gasteiger partial charge in [0.05, 0.1) is 5.56 Å². The van der Waals surface area contributed by atoms with E-state index in [0.717, 1.165) is 18.4 Å². The molecule has 2 aliphatic rings. The number of benzene rings is 1. The fourth-order valence-electron chi connectivity index (χ4n) is 3.60. The smallest absolute Gasteiger partial charge is 0.311 e. The third-order valence-electron chi connectivity index (χ3n) is 4.78. The van der Waals surface area contributed by atoms with Gasteiger partial charge in [0.15, 0.2) is 0 Å². The number of nitrogens with zero attached hydrogens (tertiary/aromatic N) is 1. The van der Waals surface area contributed by atoms with Crippen molar-refractivity contribution in [2.75, 3.05) is 7.05 Å². The molecule has 2 fully saturated rings. The van der Waals surface area contributed by atoms with Gasteiger partial charge in [-0.05, 0) is 50.4 Å². The number of hydrogen-bond acceptors (Lipinski definition) is 2. The number of hydrogen-bond donors (Lipinski definition) is 1. The Morgan fingerprint density at radius 2 is 1.64 bits per heavy atom. The fourth-order valence-corrected chi connectivity index (χ4v) is 3.60. The van der Waals surface area contributed by atoms with Gasteiger partial charge in [-0.1, -0.05) is 12.1 Å². The molecular formula is C16H22ClF3N2. The van der Waals surface area contributed by atoms with Crippen LogP contribution < -0.4 is 5.32 Å². The van der Waals surface area contributed by atoms with Crippen molar-refractivity contribution in [3.8, 4) is 0 Å². The van der Waals surface area contributed by atoms with E-state index in [1.54, 1.807) is 12.1 Å². The Bertz CT molecular complexity index is 477. The maximum atomic E-state index is 12.5. The van der Waals surface area contributed by atoms with Crippen LogP contribution in [0, 0.1) is 0 Å². The molecule has 1 N–H and O–H groups in total. The first kappa shape index (κ1) is 17.6. The molecule has 6 heteroatoms.